The summed E-state index contributed by atoms with van der Waals surface area (Å²) in [5.41, 5.74) is 7.68. The number of nitrogen functional groups attached to an aromatic ring is 1. The number of Topliss-reactive ketones (excluding diaryl/α,β-unsaturated/α-hetero) is 1. The standard InChI is InChI=1S/C16H16BrNO3/c1-20-11-4-5-14(18)12(9-11)15(19)8-10-3-6-16(21-2)13(17)7-10/h3-7,9H,8,18H2,1-2H3. The van der Waals surface area contributed by atoms with Crippen molar-refractivity contribution in [2.24, 2.45) is 0 Å². The predicted molar refractivity (Wildman–Crippen MR) is 86.1 cm³/mol. The van der Waals surface area contributed by atoms with Gasteiger partial charge >= 0.3 is 0 Å². The van der Waals surface area contributed by atoms with Crippen LogP contribution in [-0.2, 0) is 6.42 Å². The van der Waals surface area contributed by atoms with E-state index in [1.54, 1.807) is 32.4 Å². The van der Waals surface area contributed by atoms with Gasteiger partial charge in [0, 0.05) is 17.7 Å². The van der Waals surface area contributed by atoms with E-state index in [2.05, 4.69) is 15.9 Å². The van der Waals surface area contributed by atoms with Gasteiger partial charge in [-0.05, 0) is 51.8 Å². The van der Waals surface area contributed by atoms with Crippen LogP contribution in [0.2, 0.25) is 0 Å². The fourth-order valence-electron chi connectivity index (χ4n) is 2.00. The second-order valence-corrected chi connectivity index (χ2v) is 5.38. The molecule has 0 bridgehead atoms. The van der Waals surface area contributed by atoms with E-state index < -0.39 is 0 Å². The van der Waals surface area contributed by atoms with E-state index in [0.29, 0.717) is 17.0 Å². The summed E-state index contributed by atoms with van der Waals surface area (Å²) in [6.07, 6.45) is 0.264. The lowest BCUT2D eigenvalue weighted by Gasteiger charge is -2.09. The van der Waals surface area contributed by atoms with Gasteiger partial charge in [-0.2, -0.15) is 0 Å². The first-order chi connectivity index (χ1) is 10.0. The summed E-state index contributed by atoms with van der Waals surface area (Å²) in [5, 5.41) is 0. The largest absolute Gasteiger partial charge is 0.497 e. The van der Waals surface area contributed by atoms with Gasteiger partial charge in [-0.1, -0.05) is 6.07 Å². The van der Waals surface area contributed by atoms with Gasteiger partial charge in [-0.15, -0.1) is 0 Å². The summed E-state index contributed by atoms with van der Waals surface area (Å²) in [4.78, 5) is 12.4. The average Bonchev–Trinajstić information content (AvgIpc) is 2.48. The SMILES string of the molecule is COc1ccc(N)c(C(=O)Cc2ccc(OC)c(Br)c2)c1. The molecular formula is C16H16BrNO3. The monoisotopic (exact) mass is 349 g/mol. The third-order valence-electron chi connectivity index (χ3n) is 3.14. The number of carbonyl (C=O) groups excluding carboxylic acids is 1. The molecule has 110 valence electrons. The molecular weight excluding hydrogens is 334 g/mol. The third-order valence-corrected chi connectivity index (χ3v) is 3.76. The van der Waals surface area contributed by atoms with Crippen molar-refractivity contribution in [2.45, 2.75) is 6.42 Å². The van der Waals surface area contributed by atoms with Crippen LogP contribution in [0.4, 0.5) is 5.69 Å². The highest BCUT2D eigenvalue weighted by Crippen LogP contribution is 2.27. The van der Waals surface area contributed by atoms with Gasteiger partial charge in [0.05, 0.1) is 18.7 Å². The molecule has 0 atom stereocenters. The van der Waals surface area contributed by atoms with Crippen molar-refractivity contribution in [1.29, 1.82) is 0 Å². The quantitative estimate of drug-likeness (QED) is 0.663. The molecule has 0 aliphatic carbocycles. The normalized spacial score (nSPS) is 10.2. The van der Waals surface area contributed by atoms with Gasteiger partial charge in [0.15, 0.2) is 5.78 Å². The van der Waals surface area contributed by atoms with Crippen LogP contribution in [0.5, 0.6) is 11.5 Å². The molecule has 4 nitrogen and oxygen atoms in total. The summed E-state index contributed by atoms with van der Waals surface area (Å²) in [7, 11) is 3.15. The number of halogens is 1. The minimum atomic E-state index is -0.0523. The Morgan fingerprint density at radius 1 is 1.14 bits per heavy atom. The summed E-state index contributed by atoms with van der Waals surface area (Å²) < 4.78 is 11.1. The first-order valence-electron chi connectivity index (χ1n) is 6.34. The van der Waals surface area contributed by atoms with E-state index in [-0.39, 0.29) is 12.2 Å². The number of methoxy groups -OCH3 is 2. The topological polar surface area (TPSA) is 61.5 Å². The predicted octanol–water partition coefficient (Wildman–Crippen LogP) is 3.47. The second-order valence-electron chi connectivity index (χ2n) is 4.52. The van der Waals surface area contributed by atoms with Crippen LogP contribution in [-0.4, -0.2) is 20.0 Å². The maximum atomic E-state index is 12.4. The van der Waals surface area contributed by atoms with Crippen molar-refractivity contribution in [3.8, 4) is 11.5 Å². The number of ketones is 1. The lowest BCUT2D eigenvalue weighted by molar-refractivity contribution is 0.0993. The van der Waals surface area contributed by atoms with Gasteiger partial charge < -0.3 is 15.2 Å². The first-order valence-corrected chi connectivity index (χ1v) is 7.13. The third kappa shape index (κ3) is 3.55. The Balaban J connectivity index is 2.23. The maximum Gasteiger partial charge on any atom is 0.169 e. The molecule has 5 heteroatoms. The number of hydrogen-bond donors (Lipinski definition) is 1. The van der Waals surface area contributed by atoms with E-state index >= 15 is 0 Å². The average molecular weight is 350 g/mol. The number of carbonyl (C=O) groups is 1. The fraction of sp³-hybridized carbons (Fsp3) is 0.188. The van der Waals surface area contributed by atoms with Crippen LogP contribution in [0.1, 0.15) is 15.9 Å². The molecule has 0 unspecified atom stereocenters. The number of rotatable bonds is 5. The summed E-state index contributed by atoms with van der Waals surface area (Å²) >= 11 is 3.41. The first kappa shape index (κ1) is 15.4. The number of anilines is 1. The molecule has 2 aromatic rings. The van der Waals surface area contributed by atoms with Crippen LogP contribution in [0.3, 0.4) is 0 Å². The number of hydrogen-bond acceptors (Lipinski definition) is 4. The minimum absolute atomic E-state index is 0.0523. The molecule has 2 rings (SSSR count). The lowest BCUT2D eigenvalue weighted by atomic mass is 10.0. The molecule has 0 radical (unpaired) electrons. The molecule has 0 saturated heterocycles. The molecule has 0 aliphatic rings. The van der Waals surface area contributed by atoms with Gasteiger partial charge in [0.1, 0.15) is 11.5 Å². The smallest absolute Gasteiger partial charge is 0.169 e. The van der Waals surface area contributed by atoms with E-state index in [0.717, 1.165) is 15.8 Å². The van der Waals surface area contributed by atoms with Crippen molar-refractivity contribution < 1.29 is 14.3 Å². The van der Waals surface area contributed by atoms with Crippen molar-refractivity contribution >= 4 is 27.4 Å². The van der Waals surface area contributed by atoms with Crippen LogP contribution >= 0.6 is 15.9 Å². The molecule has 0 aromatic heterocycles. The molecule has 2 aromatic carbocycles. The van der Waals surface area contributed by atoms with Crippen LogP contribution in [0.25, 0.3) is 0 Å². The zero-order valence-electron chi connectivity index (χ0n) is 11.9. The molecule has 0 aliphatic heterocycles. The van der Waals surface area contributed by atoms with Gasteiger partial charge in [0.2, 0.25) is 0 Å². The Morgan fingerprint density at radius 2 is 1.90 bits per heavy atom. The Morgan fingerprint density at radius 3 is 2.52 bits per heavy atom. The second kappa shape index (κ2) is 6.63. The fourth-order valence-corrected chi connectivity index (χ4v) is 2.59. The van der Waals surface area contributed by atoms with Crippen molar-refractivity contribution in [1.82, 2.24) is 0 Å². The Hall–Kier alpha value is -2.01. The molecule has 0 amide bonds. The Bertz CT molecular complexity index is 671. The molecule has 0 fully saturated rings. The summed E-state index contributed by atoms with van der Waals surface area (Å²) in [5.74, 6) is 1.29. The van der Waals surface area contributed by atoms with Gasteiger partial charge in [0.25, 0.3) is 0 Å². The Kier molecular flexibility index (Phi) is 4.85. The van der Waals surface area contributed by atoms with Crippen LogP contribution < -0.4 is 15.2 Å². The summed E-state index contributed by atoms with van der Waals surface area (Å²) in [6, 6.07) is 10.6. The molecule has 0 heterocycles. The van der Waals surface area contributed by atoms with Crippen molar-refractivity contribution in [3.05, 3.63) is 52.0 Å². The maximum absolute atomic E-state index is 12.4. The van der Waals surface area contributed by atoms with Crippen LogP contribution in [0, 0.1) is 0 Å². The number of ether oxygens (including phenoxy) is 2. The minimum Gasteiger partial charge on any atom is -0.497 e. The molecule has 0 spiro atoms. The zero-order chi connectivity index (χ0) is 15.4. The highest BCUT2D eigenvalue weighted by atomic mass is 79.9. The van der Waals surface area contributed by atoms with E-state index in [4.69, 9.17) is 15.2 Å². The van der Waals surface area contributed by atoms with Crippen molar-refractivity contribution in [2.75, 3.05) is 20.0 Å². The van der Waals surface area contributed by atoms with Gasteiger partial charge in [-0.3, -0.25) is 4.79 Å². The van der Waals surface area contributed by atoms with Gasteiger partial charge in [-0.25, -0.2) is 0 Å². The number of nitrogens with two attached hydrogens (primary N) is 1. The van der Waals surface area contributed by atoms with Crippen LogP contribution in [0.15, 0.2) is 40.9 Å². The Labute approximate surface area is 132 Å². The van der Waals surface area contributed by atoms with Crippen molar-refractivity contribution in [3.63, 3.8) is 0 Å². The number of benzene rings is 2. The van der Waals surface area contributed by atoms with E-state index in [1.807, 2.05) is 18.2 Å². The molecule has 2 N–H and O–H groups in total. The van der Waals surface area contributed by atoms with E-state index in [1.165, 1.54) is 0 Å². The molecule has 21 heavy (non-hydrogen) atoms. The lowest BCUT2D eigenvalue weighted by Crippen LogP contribution is -2.07. The van der Waals surface area contributed by atoms with E-state index in [9.17, 15) is 4.79 Å². The summed E-state index contributed by atoms with van der Waals surface area (Å²) in [6.45, 7) is 0. The highest BCUT2D eigenvalue weighted by Gasteiger charge is 2.13. The zero-order valence-corrected chi connectivity index (χ0v) is 13.4. The molecule has 0 saturated carbocycles. The highest BCUT2D eigenvalue weighted by molar-refractivity contribution is 9.10.